The highest BCUT2D eigenvalue weighted by Gasteiger charge is 2.27. The van der Waals surface area contributed by atoms with Gasteiger partial charge in [0.05, 0.1) is 5.92 Å². The molecule has 1 aliphatic rings. The fraction of sp³-hybridized carbons (Fsp3) is 0.154. The molecule has 1 aromatic heterocycles. The SMILES string of the molecule is O=C(O)c1cnc(C2COc3ccccc32)[nH]c1=O. The predicted molar refractivity (Wildman–Crippen MR) is 65.6 cm³/mol. The Hall–Kier alpha value is -2.63. The van der Waals surface area contributed by atoms with Gasteiger partial charge in [-0.15, -0.1) is 0 Å². The van der Waals surface area contributed by atoms with Gasteiger partial charge in [-0.05, 0) is 6.07 Å². The van der Waals surface area contributed by atoms with Crippen molar-refractivity contribution in [3.05, 3.63) is 57.8 Å². The molecule has 2 aromatic rings. The number of carbonyl (C=O) groups is 1. The topological polar surface area (TPSA) is 92.3 Å². The summed E-state index contributed by atoms with van der Waals surface area (Å²) in [5, 5.41) is 8.79. The number of aromatic amines is 1. The van der Waals surface area contributed by atoms with E-state index in [4.69, 9.17) is 9.84 Å². The number of aromatic carboxylic acids is 1. The van der Waals surface area contributed by atoms with Crippen LogP contribution >= 0.6 is 0 Å². The molecule has 6 nitrogen and oxygen atoms in total. The van der Waals surface area contributed by atoms with E-state index in [-0.39, 0.29) is 11.5 Å². The molecule has 2 N–H and O–H groups in total. The minimum atomic E-state index is -1.29. The maximum Gasteiger partial charge on any atom is 0.342 e. The summed E-state index contributed by atoms with van der Waals surface area (Å²) in [5.74, 6) is -0.285. The first kappa shape index (κ1) is 11.5. The van der Waals surface area contributed by atoms with Crippen LogP contribution in [0.15, 0.2) is 35.3 Å². The van der Waals surface area contributed by atoms with Crippen LogP contribution in [0.2, 0.25) is 0 Å². The Morgan fingerprint density at radius 3 is 2.95 bits per heavy atom. The van der Waals surface area contributed by atoms with Crippen LogP contribution in [0.5, 0.6) is 5.75 Å². The van der Waals surface area contributed by atoms with E-state index in [1.54, 1.807) is 0 Å². The monoisotopic (exact) mass is 258 g/mol. The van der Waals surface area contributed by atoms with Gasteiger partial charge in [0, 0.05) is 11.8 Å². The van der Waals surface area contributed by atoms with Crippen LogP contribution in [0, 0.1) is 0 Å². The van der Waals surface area contributed by atoms with Crippen LogP contribution in [0.3, 0.4) is 0 Å². The maximum atomic E-state index is 11.6. The number of carboxylic acids is 1. The zero-order valence-electron chi connectivity index (χ0n) is 9.79. The molecule has 96 valence electrons. The average Bonchev–Trinajstić information content (AvgIpc) is 2.82. The van der Waals surface area contributed by atoms with E-state index < -0.39 is 11.5 Å². The molecule has 1 aromatic carbocycles. The van der Waals surface area contributed by atoms with Crippen molar-refractivity contribution in [3.8, 4) is 5.75 Å². The quantitative estimate of drug-likeness (QED) is 0.838. The number of rotatable bonds is 2. The number of aromatic nitrogens is 2. The highest BCUT2D eigenvalue weighted by molar-refractivity contribution is 5.86. The number of fused-ring (bicyclic) bond motifs is 1. The summed E-state index contributed by atoms with van der Waals surface area (Å²) >= 11 is 0. The second-order valence-electron chi connectivity index (χ2n) is 4.22. The lowest BCUT2D eigenvalue weighted by Crippen LogP contribution is -2.22. The molecule has 0 radical (unpaired) electrons. The lowest BCUT2D eigenvalue weighted by Gasteiger charge is -2.07. The van der Waals surface area contributed by atoms with Gasteiger partial charge >= 0.3 is 5.97 Å². The van der Waals surface area contributed by atoms with Crippen molar-refractivity contribution < 1.29 is 14.6 Å². The van der Waals surface area contributed by atoms with Gasteiger partial charge < -0.3 is 14.8 Å². The van der Waals surface area contributed by atoms with E-state index in [9.17, 15) is 9.59 Å². The van der Waals surface area contributed by atoms with Crippen LogP contribution in [0.4, 0.5) is 0 Å². The first-order valence-electron chi connectivity index (χ1n) is 5.71. The van der Waals surface area contributed by atoms with Crippen LogP contribution in [-0.4, -0.2) is 27.7 Å². The Bertz CT molecular complexity index is 708. The zero-order valence-corrected chi connectivity index (χ0v) is 9.79. The van der Waals surface area contributed by atoms with E-state index in [2.05, 4.69) is 9.97 Å². The molecule has 1 aliphatic heterocycles. The molecule has 0 fully saturated rings. The van der Waals surface area contributed by atoms with Gasteiger partial charge in [0.1, 0.15) is 23.7 Å². The lowest BCUT2D eigenvalue weighted by atomic mass is 10.0. The van der Waals surface area contributed by atoms with Gasteiger partial charge in [-0.1, -0.05) is 18.2 Å². The highest BCUT2D eigenvalue weighted by Crippen LogP contribution is 2.35. The lowest BCUT2D eigenvalue weighted by molar-refractivity contribution is 0.0694. The Morgan fingerprint density at radius 2 is 2.21 bits per heavy atom. The highest BCUT2D eigenvalue weighted by atomic mass is 16.5. The van der Waals surface area contributed by atoms with Crippen LogP contribution < -0.4 is 10.3 Å². The number of ether oxygens (including phenoxy) is 1. The number of hydrogen-bond acceptors (Lipinski definition) is 4. The smallest absolute Gasteiger partial charge is 0.342 e. The summed E-state index contributed by atoms with van der Waals surface area (Å²) in [7, 11) is 0. The number of nitrogens with zero attached hydrogens (tertiary/aromatic N) is 1. The summed E-state index contributed by atoms with van der Waals surface area (Å²) in [4.78, 5) is 28.9. The Morgan fingerprint density at radius 1 is 1.42 bits per heavy atom. The minimum absolute atomic E-state index is 0.174. The van der Waals surface area contributed by atoms with Crippen molar-refractivity contribution in [2.75, 3.05) is 6.61 Å². The van der Waals surface area contributed by atoms with E-state index in [1.807, 2.05) is 24.3 Å². The molecule has 1 atom stereocenters. The molecule has 0 aliphatic carbocycles. The molecule has 0 bridgehead atoms. The Balaban J connectivity index is 2.03. The largest absolute Gasteiger partial charge is 0.492 e. The van der Waals surface area contributed by atoms with Gasteiger partial charge in [0.25, 0.3) is 5.56 Å². The van der Waals surface area contributed by atoms with E-state index in [0.717, 1.165) is 17.5 Å². The third-order valence-electron chi connectivity index (χ3n) is 3.08. The molecule has 19 heavy (non-hydrogen) atoms. The molecular formula is C13H10N2O4. The number of nitrogens with one attached hydrogen (secondary N) is 1. The van der Waals surface area contributed by atoms with Crippen LogP contribution in [-0.2, 0) is 0 Å². The van der Waals surface area contributed by atoms with Crippen molar-refractivity contribution in [2.45, 2.75) is 5.92 Å². The van der Waals surface area contributed by atoms with Crippen molar-refractivity contribution >= 4 is 5.97 Å². The molecule has 6 heteroatoms. The minimum Gasteiger partial charge on any atom is -0.492 e. The summed E-state index contributed by atoms with van der Waals surface area (Å²) in [6.45, 7) is 0.384. The summed E-state index contributed by atoms with van der Waals surface area (Å²) in [6, 6.07) is 7.49. The third-order valence-corrected chi connectivity index (χ3v) is 3.08. The molecule has 3 rings (SSSR count). The van der Waals surface area contributed by atoms with Gasteiger partial charge in [-0.2, -0.15) is 0 Å². The van der Waals surface area contributed by atoms with Crippen LogP contribution in [0.25, 0.3) is 0 Å². The summed E-state index contributed by atoms with van der Waals surface area (Å²) < 4.78 is 5.50. The van der Waals surface area contributed by atoms with Crippen LogP contribution in [0.1, 0.15) is 27.7 Å². The fourth-order valence-corrected chi connectivity index (χ4v) is 2.13. The van der Waals surface area contributed by atoms with Crippen molar-refractivity contribution in [3.63, 3.8) is 0 Å². The summed E-state index contributed by atoms with van der Waals surface area (Å²) in [5.41, 5.74) is -0.0773. The zero-order chi connectivity index (χ0) is 13.4. The number of carboxylic acid groups (broad SMARTS) is 1. The van der Waals surface area contributed by atoms with E-state index in [0.29, 0.717) is 12.4 Å². The maximum absolute atomic E-state index is 11.6. The number of H-pyrrole nitrogens is 1. The Labute approximate surface area is 107 Å². The normalized spacial score (nSPS) is 16.7. The number of hydrogen-bond donors (Lipinski definition) is 2. The van der Waals surface area contributed by atoms with Crippen molar-refractivity contribution in [1.29, 1.82) is 0 Å². The molecular weight excluding hydrogens is 248 g/mol. The van der Waals surface area contributed by atoms with Crippen molar-refractivity contribution in [1.82, 2.24) is 9.97 Å². The molecule has 0 amide bonds. The number of benzene rings is 1. The van der Waals surface area contributed by atoms with Crippen molar-refractivity contribution in [2.24, 2.45) is 0 Å². The van der Waals surface area contributed by atoms with Gasteiger partial charge in [0.2, 0.25) is 0 Å². The molecule has 1 unspecified atom stereocenters. The molecule has 0 saturated carbocycles. The second-order valence-corrected chi connectivity index (χ2v) is 4.22. The second kappa shape index (κ2) is 4.24. The number of para-hydroxylation sites is 1. The van der Waals surface area contributed by atoms with Gasteiger partial charge in [-0.25, -0.2) is 9.78 Å². The third kappa shape index (κ3) is 1.87. The van der Waals surface area contributed by atoms with E-state index >= 15 is 0 Å². The molecule has 2 heterocycles. The predicted octanol–water partition coefficient (Wildman–Crippen LogP) is 0.992. The van der Waals surface area contributed by atoms with Gasteiger partial charge in [-0.3, -0.25) is 4.79 Å². The summed E-state index contributed by atoms with van der Waals surface area (Å²) in [6.07, 6.45) is 1.08. The standard InChI is InChI=1S/C13H10N2O4/c16-12-8(13(17)18)5-14-11(15-12)9-6-19-10-4-2-1-3-7(9)10/h1-5,9H,6H2,(H,17,18)(H,14,15,16). The molecule has 0 spiro atoms. The Kier molecular flexibility index (Phi) is 2.56. The first-order chi connectivity index (χ1) is 9.16. The average molecular weight is 258 g/mol. The fourth-order valence-electron chi connectivity index (χ4n) is 2.13. The van der Waals surface area contributed by atoms with Gasteiger partial charge in [0.15, 0.2) is 0 Å². The molecule has 0 saturated heterocycles. The van der Waals surface area contributed by atoms with E-state index in [1.165, 1.54) is 0 Å². The first-order valence-corrected chi connectivity index (χ1v) is 5.71.